The first-order chi connectivity index (χ1) is 9.58. The molecule has 0 saturated carbocycles. The van der Waals surface area contributed by atoms with Crippen molar-refractivity contribution in [3.63, 3.8) is 0 Å². The molecule has 0 aliphatic carbocycles. The zero-order valence-electron chi connectivity index (χ0n) is 10.1. The van der Waals surface area contributed by atoms with E-state index in [4.69, 9.17) is 16.0 Å². The zero-order valence-corrected chi connectivity index (χ0v) is 10.8. The molecule has 0 unspecified atom stereocenters. The second-order valence-electron chi connectivity index (χ2n) is 4.23. The minimum absolute atomic E-state index is 0.0393. The molecule has 0 aliphatic heterocycles. The van der Waals surface area contributed by atoms with Crippen LogP contribution in [0.2, 0.25) is 5.02 Å². The van der Waals surface area contributed by atoms with Crippen molar-refractivity contribution < 1.29 is 13.9 Å². The molecule has 3 rings (SSSR count). The summed E-state index contributed by atoms with van der Waals surface area (Å²) in [4.78, 5) is 12.0. The number of benzene rings is 2. The van der Waals surface area contributed by atoms with Gasteiger partial charge in [0.15, 0.2) is 11.0 Å². The third-order valence-electron chi connectivity index (χ3n) is 2.96. The second-order valence-corrected chi connectivity index (χ2v) is 4.61. The summed E-state index contributed by atoms with van der Waals surface area (Å²) in [5.74, 6) is -0.646. The first kappa shape index (κ1) is 12.7. The Bertz CT molecular complexity index is 871. The topological polar surface area (TPSA) is 50.4 Å². The molecule has 0 spiro atoms. The number of phenols is 1. The Hall–Kier alpha value is -2.33. The Kier molecular flexibility index (Phi) is 2.95. The fourth-order valence-corrected chi connectivity index (χ4v) is 2.17. The van der Waals surface area contributed by atoms with E-state index in [1.165, 1.54) is 36.4 Å². The highest BCUT2D eigenvalue weighted by Gasteiger charge is 2.14. The minimum Gasteiger partial charge on any atom is -0.506 e. The number of hydrogen-bond donors (Lipinski definition) is 1. The van der Waals surface area contributed by atoms with Crippen molar-refractivity contribution >= 4 is 22.6 Å². The van der Waals surface area contributed by atoms with Crippen molar-refractivity contribution in [1.29, 1.82) is 0 Å². The number of fused-ring (bicyclic) bond motifs is 1. The first-order valence-electron chi connectivity index (χ1n) is 5.78. The normalized spacial score (nSPS) is 10.9. The predicted octanol–water partition coefficient (Wildman–Crippen LogP) is 3.96. The third kappa shape index (κ3) is 1.94. The van der Waals surface area contributed by atoms with Crippen molar-refractivity contribution in [2.75, 3.05) is 0 Å². The first-order valence-corrected chi connectivity index (χ1v) is 6.16. The van der Waals surface area contributed by atoms with Gasteiger partial charge in [-0.2, -0.15) is 0 Å². The van der Waals surface area contributed by atoms with Gasteiger partial charge in [-0.1, -0.05) is 23.7 Å². The molecule has 20 heavy (non-hydrogen) atoms. The molecule has 0 radical (unpaired) electrons. The van der Waals surface area contributed by atoms with Gasteiger partial charge in [0, 0.05) is 6.07 Å². The maximum Gasteiger partial charge on any atom is 0.193 e. The minimum atomic E-state index is -0.508. The largest absolute Gasteiger partial charge is 0.506 e. The quantitative estimate of drug-likeness (QED) is 0.738. The summed E-state index contributed by atoms with van der Waals surface area (Å²) in [6.07, 6.45) is 0. The summed E-state index contributed by atoms with van der Waals surface area (Å²) < 4.78 is 19.2. The number of hydrogen-bond acceptors (Lipinski definition) is 3. The van der Waals surface area contributed by atoms with E-state index < -0.39 is 5.82 Å². The maximum atomic E-state index is 13.7. The van der Waals surface area contributed by atoms with Crippen LogP contribution in [0.3, 0.4) is 0 Å². The van der Waals surface area contributed by atoms with Gasteiger partial charge in [-0.15, -0.1) is 0 Å². The third-order valence-corrected chi connectivity index (χ3v) is 3.32. The van der Waals surface area contributed by atoms with Crippen LogP contribution in [-0.4, -0.2) is 5.11 Å². The Balaban J connectivity index is 2.38. The lowest BCUT2D eigenvalue weighted by molar-refractivity contribution is 0.474. The van der Waals surface area contributed by atoms with E-state index in [1.807, 2.05) is 0 Å². The molecule has 0 amide bonds. The SMILES string of the molecule is O=c1cc(-c2ccccc2F)oc2c(Cl)c(O)ccc12. The van der Waals surface area contributed by atoms with Crippen molar-refractivity contribution in [3.05, 3.63) is 63.5 Å². The molecule has 100 valence electrons. The fraction of sp³-hybridized carbons (Fsp3) is 0. The highest BCUT2D eigenvalue weighted by atomic mass is 35.5. The van der Waals surface area contributed by atoms with Crippen LogP contribution in [0.25, 0.3) is 22.3 Å². The zero-order chi connectivity index (χ0) is 14.3. The molecule has 1 aromatic heterocycles. The maximum absolute atomic E-state index is 13.7. The van der Waals surface area contributed by atoms with Crippen molar-refractivity contribution in [3.8, 4) is 17.1 Å². The van der Waals surface area contributed by atoms with Crippen LogP contribution in [0.1, 0.15) is 0 Å². The van der Waals surface area contributed by atoms with Gasteiger partial charge in [-0.25, -0.2) is 4.39 Å². The van der Waals surface area contributed by atoms with E-state index in [-0.39, 0.29) is 38.5 Å². The van der Waals surface area contributed by atoms with Gasteiger partial charge in [-0.3, -0.25) is 4.79 Å². The van der Waals surface area contributed by atoms with E-state index in [9.17, 15) is 14.3 Å². The van der Waals surface area contributed by atoms with Crippen LogP contribution in [0.4, 0.5) is 4.39 Å². The average Bonchev–Trinajstić information content (AvgIpc) is 2.43. The van der Waals surface area contributed by atoms with E-state index in [0.717, 1.165) is 0 Å². The van der Waals surface area contributed by atoms with Gasteiger partial charge in [0.1, 0.15) is 22.3 Å². The van der Waals surface area contributed by atoms with Crippen molar-refractivity contribution in [2.24, 2.45) is 0 Å². The van der Waals surface area contributed by atoms with E-state index in [0.29, 0.717) is 0 Å². The van der Waals surface area contributed by atoms with Crippen molar-refractivity contribution in [2.45, 2.75) is 0 Å². The van der Waals surface area contributed by atoms with Crippen LogP contribution >= 0.6 is 11.6 Å². The Morgan fingerprint density at radius 2 is 1.90 bits per heavy atom. The Morgan fingerprint density at radius 3 is 2.65 bits per heavy atom. The van der Waals surface area contributed by atoms with Crippen LogP contribution in [0.15, 0.2) is 51.7 Å². The van der Waals surface area contributed by atoms with Gasteiger partial charge >= 0.3 is 0 Å². The van der Waals surface area contributed by atoms with Crippen LogP contribution in [-0.2, 0) is 0 Å². The smallest absolute Gasteiger partial charge is 0.193 e. The molecular formula is C15H8ClFO3. The number of halogens is 2. The van der Waals surface area contributed by atoms with Gasteiger partial charge < -0.3 is 9.52 Å². The second kappa shape index (κ2) is 4.65. The molecule has 1 N–H and O–H groups in total. The molecule has 3 nitrogen and oxygen atoms in total. The predicted molar refractivity (Wildman–Crippen MR) is 74.6 cm³/mol. The molecule has 1 heterocycles. The molecular weight excluding hydrogens is 283 g/mol. The standard InChI is InChI=1S/C15H8ClFO3/c16-14-11(18)6-5-9-12(19)7-13(20-15(9)14)8-3-1-2-4-10(8)17/h1-7,18H. The van der Waals surface area contributed by atoms with Gasteiger partial charge in [-0.05, 0) is 24.3 Å². The number of aromatic hydroxyl groups is 1. The Morgan fingerprint density at radius 1 is 1.15 bits per heavy atom. The van der Waals surface area contributed by atoms with Gasteiger partial charge in [0.25, 0.3) is 0 Å². The van der Waals surface area contributed by atoms with E-state index in [2.05, 4.69) is 0 Å². The molecule has 0 aliphatic rings. The Labute approximate surface area is 117 Å². The number of phenolic OH excluding ortho intramolecular Hbond substituents is 1. The van der Waals surface area contributed by atoms with Gasteiger partial charge in [0.05, 0.1) is 10.9 Å². The molecule has 0 atom stereocenters. The average molecular weight is 291 g/mol. The molecule has 0 bridgehead atoms. The summed E-state index contributed by atoms with van der Waals surface area (Å²) in [7, 11) is 0. The lowest BCUT2D eigenvalue weighted by Gasteiger charge is -2.06. The summed E-state index contributed by atoms with van der Waals surface area (Å²) in [5.41, 5.74) is -0.158. The summed E-state index contributed by atoms with van der Waals surface area (Å²) in [6, 6.07) is 9.86. The molecule has 3 aromatic rings. The van der Waals surface area contributed by atoms with Crippen molar-refractivity contribution in [1.82, 2.24) is 0 Å². The van der Waals surface area contributed by atoms with E-state index >= 15 is 0 Å². The number of rotatable bonds is 1. The highest BCUT2D eigenvalue weighted by molar-refractivity contribution is 6.36. The molecule has 0 saturated heterocycles. The summed E-state index contributed by atoms with van der Waals surface area (Å²) >= 11 is 5.92. The lowest BCUT2D eigenvalue weighted by Crippen LogP contribution is -2.01. The van der Waals surface area contributed by atoms with E-state index in [1.54, 1.807) is 6.07 Å². The molecule has 5 heteroatoms. The van der Waals surface area contributed by atoms with Gasteiger partial charge in [0.2, 0.25) is 0 Å². The summed E-state index contributed by atoms with van der Waals surface area (Å²) in [6.45, 7) is 0. The van der Waals surface area contributed by atoms with Crippen LogP contribution in [0, 0.1) is 5.82 Å². The molecule has 0 fully saturated rings. The summed E-state index contributed by atoms with van der Waals surface area (Å²) in [5, 5.41) is 9.71. The van der Waals surface area contributed by atoms with Crippen LogP contribution in [0.5, 0.6) is 5.75 Å². The monoisotopic (exact) mass is 290 g/mol. The highest BCUT2D eigenvalue weighted by Crippen LogP contribution is 2.33. The lowest BCUT2D eigenvalue weighted by atomic mass is 10.1. The fourth-order valence-electron chi connectivity index (χ4n) is 1.97. The van der Waals surface area contributed by atoms with Crippen LogP contribution < -0.4 is 5.43 Å². The molecule has 2 aromatic carbocycles.